The van der Waals surface area contributed by atoms with Crippen molar-refractivity contribution in [3.05, 3.63) is 11.6 Å². The minimum Gasteiger partial charge on any atom is -0.276 e. The first kappa shape index (κ1) is 14.7. The maximum absolute atomic E-state index is 12.2. The van der Waals surface area contributed by atoms with Crippen molar-refractivity contribution >= 4 is 30.3 Å². The quantitative estimate of drug-likeness (QED) is 0.583. The van der Waals surface area contributed by atoms with Gasteiger partial charge in [0.2, 0.25) is 11.8 Å². The molecule has 0 bridgehead atoms. The number of barbiturate groups is 1. The van der Waals surface area contributed by atoms with Crippen molar-refractivity contribution in [1.82, 2.24) is 10.2 Å². The molecule has 1 unspecified atom stereocenters. The molecule has 100 valence electrons. The average Bonchev–Trinajstić information content (AvgIpc) is 2.35. The van der Waals surface area contributed by atoms with Crippen molar-refractivity contribution in [1.29, 1.82) is 0 Å². The van der Waals surface area contributed by atoms with Crippen LogP contribution in [0.3, 0.4) is 0 Å². The summed E-state index contributed by atoms with van der Waals surface area (Å²) >= 11 is 0. The van der Waals surface area contributed by atoms with Crippen LogP contribution in [0.1, 0.15) is 32.6 Å². The lowest BCUT2D eigenvalue weighted by atomic mass is 9.74. The molecule has 5 nitrogen and oxygen atoms in total. The first-order chi connectivity index (χ1) is 7.98. The Bertz CT molecular complexity index is 433. The van der Waals surface area contributed by atoms with Crippen LogP contribution >= 0.6 is 12.4 Å². The van der Waals surface area contributed by atoms with Gasteiger partial charge in [-0.1, -0.05) is 6.08 Å². The third-order valence-corrected chi connectivity index (χ3v) is 3.64. The summed E-state index contributed by atoms with van der Waals surface area (Å²) in [7, 11) is 1.39. The van der Waals surface area contributed by atoms with Crippen molar-refractivity contribution < 1.29 is 14.4 Å². The zero-order valence-electron chi connectivity index (χ0n) is 10.5. The Morgan fingerprint density at radius 3 is 2.50 bits per heavy atom. The van der Waals surface area contributed by atoms with Crippen molar-refractivity contribution in [3.63, 3.8) is 0 Å². The second-order valence-electron chi connectivity index (χ2n) is 4.72. The number of urea groups is 1. The molecule has 1 atom stereocenters. The van der Waals surface area contributed by atoms with Gasteiger partial charge < -0.3 is 0 Å². The van der Waals surface area contributed by atoms with E-state index in [1.165, 1.54) is 7.05 Å². The first-order valence-corrected chi connectivity index (χ1v) is 5.81. The van der Waals surface area contributed by atoms with Gasteiger partial charge in [-0.25, -0.2) is 4.79 Å². The molecule has 4 amide bonds. The summed E-state index contributed by atoms with van der Waals surface area (Å²) < 4.78 is 0. The fourth-order valence-corrected chi connectivity index (χ4v) is 2.41. The van der Waals surface area contributed by atoms with E-state index in [0.29, 0.717) is 0 Å². The summed E-state index contributed by atoms with van der Waals surface area (Å²) in [6.07, 6.45) is 5.68. The van der Waals surface area contributed by atoms with Crippen LogP contribution in [-0.2, 0) is 9.59 Å². The molecule has 2 aliphatic rings. The normalized spacial score (nSPS) is 28.4. The number of nitrogens with one attached hydrogen (secondary N) is 1. The molecular weight excluding hydrogens is 256 g/mol. The molecule has 2 rings (SSSR count). The predicted molar refractivity (Wildman–Crippen MR) is 68.2 cm³/mol. The minimum absolute atomic E-state index is 0. The van der Waals surface area contributed by atoms with Gasteiger partial charge in [-0.3, -0.25) is 19.8 Å². The highest BCUT2D eigenvalue weighted by Gasteiger charge is 2.51. The highest BCUT2D eigenvalue weighted by molar-refractivity contribution is 6.20. The SMILES string of the molecule is CN1C(=O)NC(=O)C(C)(C2=CCCCC2)C1=O.Cl. The number of nitrogens with zero attached hydrogens (tertiary/aromatic N) is 1. The average molecular weight is 273 g/mol. The van der Waals surface area contributed by atoms with Crippen LogP contribution < -0.4 is 5.32 Å². The van der Waals surface area contributed by atoms with Gasteiger partial charge in [-0.05, 0) is 38.2 Å². The smallest absolute Gasteiger partial charge is 0.276 e. The number of rotatable bonds is 1. The van der Waals surface area contributed by atoms with E-state index in [1.807, 2.05) is 6.08 Å². The van der Waals surface area contributed by atoms with E-state index in [1.54, 1.807) is 6.92 Å². The monoisotopic (exact) mass is 272 g/mol. The molecule has 0 aromatic heterocycles. The Morgan fingerprint density at radius 2 is 1.94 bits per heavy atom. The Labute approximate surface area is 112 Å². The Morgan fingerprint density at radius 1 is 1.28 bits per heavy atom. The molecule has 1 N–H and O–H groups in total. The Kier molecular flexibility index (Phi) is 4.16. The van der Waals surface area contributed by atoms with Crippen molar-refractivity contribution in [3.8, 4) is 0 Å². The van der Waals surface area contributed by atoms with Crippen LogP contribution in [0.2, 0.25) is 0 Å². The van der Waals surface area contributed by atoms with Gasteiger partial charge >= 0.3 is 6.03 Å². The lowest BCUT2D eigenvalue weighted by Crippen LogP contribution is -2.62. The molecular formula is C12H17ClN2O3. The van der Waals surface area contributed by atoms with Crippen LogP contribution in [0.25, 0.3) is 0 Å². The fourth-order valence-electron chi connectivity index (χ4n) is 2.41. The van der Waals surface area contributed by atoms with E-state index >= 15 is 0 Å². The zero-order chi connectivity index (χ0) is 12.6. The van der Waals surface area contributed by atoms with Crippen molar-refractivity contribution in [2.24, 2.45) is 5.41 Å². The number of carbonyl (C=O) groups is 3. The van der Waals surface area contributed by atoms with Crippen LogP contribution in [0.5, 0.6) is 0 Å². The van der Waals surface area contributed by atoms with Crippen LogP contribution in [0, 0.1) is 5.41 Å². The molecule has 0 saturated carbocycles. The number of carbonyl (C=O) groups excluding carboxylic acids is 3. The Hall–Kier alpha value is -1.36. The number of halogens is 1. The summed E-state index contributed by atoms with van der Waals surface area (Å²) in [4.78, 5) is 36.5. The van der Waals surface area contributed by atoms with Crippen LogP contribution in [0.4, 0.5) is 4.79 Å². The van der Waals surface area contributed by atoms with Crippen LogP contribution in [0.15, 0.2) is 11.6 Å². The molecule has 1 fully saturated rings. The number of imide groups is 2. The van der Waals surface area contributed by atoms with Gasteiger partial charge in [0.05, 0.1) is 0 Å². The highest BCUT2D eigenvalue weighted by atomic mass is 35.5. The second-order valence-corrected chi connectivity index (χ2v) is 4.72. The van der Waals surface area contributed by atoms with E-state index in [0.717, 1.165) is 36.2 Å². The topological polar surface area (TPSA) is 66.5 Å². The minimum atomic E-state index is -1.21. The van der Waals surface area contributed by atoms with Gasteiger partial charge in [-0.15, -0.1) is 12.4 Å². The van der Waals surface area contributed by atoms with Gasteiger partial charge in [0, 0.05) is 7.05 Å². The molecule has 6 heteroatoms. The second kappa shape index (κ2) is 5.10. The van der Waals surface area contributed by atoms with Gasteiger partial charge in [0.1, 0.15) is 5.41 Å². The molecule has 0 radical (unpaired) electrons. The first-order valence-electron chi connectivity index (χ1n) is 5.81. The van der Waals surface area contributed by atoms with E-state index in [2.05, 4.69) is 5.32 Å². The molecule has 0 aromatic rings. The molecule has 1 aliphatic heterocycles. The van der Waals surface area contributed by atoms with Gasteiger partial charge in [0.15, 0.2) is 0 Å². The van der Waals surface area contributed by atoms with E-state index in [4.69, 9.17) is 0 Å². The molecule has 1 aliphatic carbocycles. The largest absolute Gasteiger partial charge is 0.330 e. The van der Waals surface area contributed by atoms with Crippen molar-refractivity contribution in [2.75, 3.05) is 7.05 Å². The maximum Gasteiger partial charge on any atom is 0.330 e. The van der Waals surface area contributed by atoms with Crippen LogP contribution in [-0.4, -0.2) is 29.8 Å². The molecule has 0 aromatic carbocycles. The Balaban J connectivity index is 0.00000162. The molecule has 0 spiro atoms. The van der Waals surface area contributed by atoms with E-state index < -0.39 is 23.3 Å². The number of amides is 4. The zero-order valence-corrected chi connectivity index (χ0v) is 11.3. The number of hydrogen-bond donors (Lipinski definition) is 1. The molecule has 1 heterocycles. The third-order valence-electron chi connectivity index (χ3n) is 3.64. The highest BCUT2D eigenvalue weighted by Crippen LogP contribution is 2.37. The van der Waals surface area contributed by atoms with E-state index in [9.17, 15) is 14.4 Å². The van der Waals surface area contributed by atoms with Crippen molar-refractivity contribution in [2.45, 2.75) is 32.6 Å². The summed E-state index contributed by atoms with van der Waals surface area (Å²) in [5.41, 5.74) is -0.367. The number of allylic oxidation sites excluding steroid dienone is 1. The lowest BCUT2D eigenvalue weighted by Gasteiger charge is -2.37. The summed E-state index contributed by atoms with van der Waals surface area (Å²) in [5, 5.41) is 2.23. The molecule has 18 heavy (non-hydrogen) atoms. The fraction of sp³-hybridized carbons (Fsp3) is 0.583. The third kappa shape index (κ3) is 2.03. The van der Waals surface area contributed by atoms with Gasteiger partial charge in [-0.2, -0.15) is 0 Å². The standard InChI is InChI=1S/C12H16N2O3.ClH/c1-12(8-6-4-3-5-7-8)9(15)13-11(17)14(2)10(12)16;/h6H,3-5,7H2,1-2H3,(H,13,15,17);1H. The molecule has 1 saturated heterocycles. The summed E-state index contributed by atoms with van der Waals surface area (Å²) in [6, 6.07) is -0.645. The lowest BCUT2D eigenvalue weighted by molar-refractivity contribution is -0.146. The maximum atomic E-state index is 12.2. The number of hydrogen-bond acceptors (Lipinski definition) is 3. The van der Waals surface area contributed by atoms with E-state index in [-0.39, 0.29) is 12.4 Å². The predicted octanol–water partition coefficient (Wildman–Crippen LogP) is 1.62. The van der Waals surface area contributed by atoms with Gasteiger partial charge in [0.25, 0.3) is 0 Å². The summed E-state index contributed by atoms with van der Waals surface area (Å²) in [5.74, 6) is -0.932. The summed E-state index contributed by atoms with van der Waals surface area (Å²) in [6.45, 7) is 1.60.